The summed E-state index contributed by atoms with van der Waals surface area (Å²) in [5, 5.41) is 2.09. The zero-order chi connectivity index (χ0) is 20.3. The summed E-state index contributed by atoms with van der Waals surface area (Å²) in [6.45, 7) is 1.91. The minimum absolute atomic E-state index is 0.0614. The van der Waals surface area contributed by atoms with Gasteiger partial charge in [-0.2, -0.15) is 0 Å². The molecule has 0 N–H and O–H groups in total. The molecule has 0 unspecified atom stereocenters. The number of benzene rings is 4. The topological polar surface area (TPSA) is 0 Å². The van der Waals surface area contributed by atoms with Gasteiger partial charge in [0.15, 0.2) is 0 Å². The van der Waals surface area contributed by atoms with Gasteiger partial charge >= 0.3 is 171 Å². The first-order valence-corrected chi connectivity index (χ1v) is 11.7. The third kappa shape index (κ3) is 3.28. The van der Waals surface area contributed by atoms with Gasteiger partial charge in [0.25, 0.3) is 0 Å². The fourth-order valence-electron chi connectivity index (χ4n) is 4.09. The molecule has 0 aliphatic heterocycles. The molecule has 0 spiro atoms. The Kier molecular flexibility index (Phi) is 5.30. The van der Waals surface area contributed by atoms with Gasteiger partial charge in [0.1, 0.15) is 0 Å². The van der Waals surface area contributed by atoms with Crippen LogP contribution in [0.4, 0.5) is 8.78 Å². The summed E-state index contributed by atoms with van der Waals surface area (Å²) in [6, 6.07) is 34.6. The van der Waals surface area contributed by atoms with Crippen LogP contribution in [-0.2, 0) is 5.66 Å². The molecule has 0 heterocycles. The van der Waals surface area contributed by atoms with E-state index in [0.29, 0.717) is 15.9 Å². The monoisotopic (exact) mass is 404 g/mol. The Labute approximate surface area is 171 Å². The molecule has 0 nitrogen and oxygen atoms in total. The molecular formula is C26H23F2P. The van der Waals surface area contributed by atoms with Crippen LogP contribution < -0.4 is 15.9 Å². The molecule has 0 saturated carbocycles. The van der Waals surface area contributed by atoms with Crippen LogP contribution in [-0.4, -0.2) is 0 Å². The summed E-state index contributed by atoms with van der Waals surface area (Å²) >= 11 is 0. The Morgan fingerprint density at radius 1 is 0.517 bits per heavy atom. The van der Waals surface area contributed by atoms with Crippen LogP contribution in [0, 0.1) is 6.92 Å². The molecule has 29 heavy (non-hydrogen) atoms. The summed E-state index contributed by atoms with van der Waals surface area (Å²) < 4.78 is 33.5. The number of hydrogen-bond donors (Lipinski definition) is 0. The molecule has 0 fully saturated rings. The Morgan fingerprint density at radius 2 is 0.862 bits per heavy atom. The summed E-state index contributed by atoms with van der Waals surface area (Å²) in [5.41, 5.74) is -2.02. The zero-order valence-corrected chi connectivity index (χ0v) is 17.2. The van der Waals surface area contributed by atoms with Gasteiger partial charge in [-0.15, -0.1) is 0 Å². The van der Waals surface area contributed by atoms with E-state index in [1.807, 2.05) is 97.9 Å². The van der Waals surface area contributed by atoms with Crippen LogP contribution in [0.1, 0.15) is 11.1 Å². The summed E-state index contributed by atoms with van der Waals surface area (Å²) in [7, 11) is -3.74. The van der Waals surface area contributed by atoms with E-state index in [-0.39, 0.29) is 5.56 Å². The minimum atomic E-state index is -3.74. The Balaban J connectivity index is 2.12. The molecule has 4 aromatic rings. The third-order valence-corrected chi connectivity index (χ3v) is 10.3. The van der Waals surface area contributed by atoms with Crippen molar-refractivity contribution in [1.82, 2.24) is 0 Å². The van der Waals surface area contributed by atoms with E-state index in [1.165, 1.54) is 0 Å². The number of alkyl halides is 2. The van der Waals surface area contributed by atoms with Crippen molar-refractivity contribution in [3.63, 3.8) is 0 Å². The normalized spacial score (nSPS) is 12.5. The second-order valence-electron chi connectivity index (χ2n) is 7.29. The van der Waals surface area contributed by atoms with Gasteiger partial charge in [-0.1, -0.05) is 0 Å². The van der Waals surface area contributed by atoms with Gasteiger partial charge in [-0.25, -0.2) is 0 Å². The molecule has 3 heteroatoms. The molecule has 0 aliphatic carbocycles. The van der Waals surface area contributed by atoms with E-state index in [9.17, 15) is 0 Å². The van der Waals surface area contributed by atoms with Crippen LogP contribution in [0.5, 0.6) is 0 Å². The second kappa shape index (κ2) is 7.89. The van der Waals surface area contributed by atoms with E-state index >= 15 is 8.78 Å². The molecule has 146 valence electrons. The first-order valence-electron chi connectivity index (χ1n) is 9.68. The molecule has 0 aromatic heterocycles. The first-order chi connectivity index (χ1) is 14.1. The quantitative estimate of drug-likeness (QED) is 0.371. The number of aryl methyl sites for hydroxylation is 1. The van der Waals surface area contributed by atoms with Crippen LogP contribution in [0.3, 0.4) is 0 Å². The summed E-state index contributed by atoms with van der Waals surface area (Å²) in [5.74, 6) is 0. The van der Waals surface area contributed by atoms with Gasteiger partial charge in [0, 0.05) is 0 Å². The number of halogens is 2. The van der Waals surface area contributed by atoms with Crippen LogP contribution in [0.2, 0.25) is 0 Å². The Bertz CT molecular complexity index is 963. The van der Waals surface area contributed by atoms with Crippen LogP contribution in [0.15, 0.2) is 115 Å². The van der Waals surface area contributed by atoms with Gasteiger partial charge in [-0.3, -0.25) is 0 Å². The van der Waals surface area contributed by atoms with Crippen molar-refractivity contribution in [3.05, 3.63) is 126 Å². The molecule has 0 saturated heterocycles. The van der Waals surface area contributed by atoms with Crippen molar-refractivity contribution < 1.29 is 8.78 Å². The van der Waals surface area contributed by atoms with Gasteiger partial charge in [0.05, 0.1) is 0 Å². The van der Waals surface area contributed by atoms with E-state index in [4.69, 9.17) is 0 Å². The molecule has 0 atom stereocenters. The molecule has 0 amide bonds. The molecular weight excluding hydrogens is 381 g/mol. The summed E-state index contributed by atoms with van der Waals surface area (Å²) in [4.78, 5) is 0. The van der Waals surface area contributed by atoms with Gasteiger partial charge in [-0.05, 0) is 0 Å². The molecule has 4 rings (SSSR count). The van der Waals surface area contributed by atoms with E-state index in [1.54, 1.807) is 24.3 Å². The fraction of sp³-hybridized carbons (Fsp3) is 0.0769. The molecule has 4 aromatic carbocycles. The van der Waals surface area contributed by atoms with Crippen molar-refractivity contribution in [1.29, 1.82) is 0 Å². The van der Waals surface area contributed by atoms with Crippen molar-refractivity contribution in [2.75, 3.05) is 0 Å². The summed E-state index contributed by atoms with van der Waals surface area (Å²) in [6.07, 6.45) is 0. The van der Waals surface area contributed by atoms with Gasteiger partial charge < -0.3 is 0 Å². The SMILES string of the molecule is Cc1ccc(C(F)(F)[PH](c2ccccc2)(c2ccccc2)c2ccccc2)cc1. The number of hydrogen-bond acceptors (Lipinski definition) is 0. The van der Waals surface area contributed by atoms with Crippen molar-refractivity contribution in [2.24, 2.45) is 0 Å². The third-order valence-electron chi connectivity index (χ3n) is 5.51. The number of rotatable bonds is 5. The molecule has 0 radical (unpaired) electrons. The Hall–Kier alpha value is -2.83. The average molecular weight is 404 g/mol. The fourth-order valence-corrected chi connectivity index (χ4v) is 8.85. The zero-order valence-electron chi connectivity index (χ0n) is 16.2. The van der Waals surface area contributed by atoms with Crippen molar-refractivity contribution in [2.45, 2.75) is 12.6 Å². The van der Waals surface area contributed by atoms with Crippen molar-refractivity contribution in [3.8, 4) is 0 Å². The van der Waals surface area contributed by atoms with Crippen LogP contribution >= 0.6 is 7.26 Å². The van der Waals surface area contributed by atoms with E-state index in [0.717, 1.165) is 5.56 Å². The second-order valence-corrected chi connectivity index (χ2v) is 11.1. The standard InChI is InChI=1S/C26H23F2P/c1-21-17-19-22(20-18-21)26(27,28)29(23-11-5-2-6-12-23,24-13-7-3-8-14-24)25-15-9-4-10-16-25/h2-20,29H,1H3. The average Bonchev–Trinajstić information content (AvgIpc) is 2.77. The first kappa shape index (κ1) is 19.5. The predicted molar refractivity (Wildman–Crippen MR) is 122 cm³/mol. The Morgan fingerprint density at radius 3 is 1.21 bits per heavy atom. The maximum absolute atomic E-state index is 16.7. The maximum atomic E-state index is 16.7. The van der Waals surface area contributed by atoms with E-state index < -0.39 is 12.9 Å². The predicted octanol–water partition coefficient (Wildman–Crippen LogP) is 5.77. The van der Waals surface area contributed by atoms with Crippen LogP contribution in [0.25, 0.3) is 0 Å². The van der Waals surface area contributed by atoms with Crippen molar-refractivity contribution >= 4 is 23.2 Å². The van der Waals surface area contributed by atoms with Gasteiger partial charge in [0.2, 0.25) is 0 Å². The van der Waals surface area contributed by atoms with E-state index in [2.05, 4.69) is 0 Å². The molecule has 0 aliphatic rings. The molecule has 0 bridgehead atoms.